The van der Waals surface area contributed by atoms with E-state index in [4.69, 9.17) is 4.74 Å². The van der Waals surface area contributed by atoms with E-state index in [2.05, 4.69) is 32.7 Å². The molecule has 0 aliphatic carbocycles. The maximum Gasteiger partial charge on any atom is 0.251 e. The third-order valence-electron chi connectivity index (χ3n) is 6.10. The zero-order valence-corrected chi connectivity index (χ0v) is 19.4. The number of methoxy groups -OCH3 is 1. The fourth-order valence-electron chi connectivity index (χ4n) is 4.24. The minimum absolute atomic E-state index is 0.100. The molecule has 3 aromatic rings. The summed E-state index contributed by atoms with van der Waals surface area (Å²) in [6.45, 7) is 3.10. The van der Waals surface area contributed by atoms with Crippen molar-refractivity contribution in [2.45, 2.75) is 31.8 Å². The second-order valence-electron chi connectivity index (χ2n) is 8.42. The van der Waals surface area contributed by atoms with Gasteiger partial charge in [-0.15, -0.1) is 0 Å². The number of amides is 2. The predicted octanol–water partition coefficient (Wildman–Crippen LogP) is 3.49. The van der Waals surface area contributed by atoms with Gasteiger partial charge in [0.05, 0.1) is 19.5 Å². The lowest BCUT2D eigenvalue weighted by Gasteiger charge is -2.28. The standard InChI is InChI=1S/C26H31N5O3/c1-34-23-9-7-20(8-10-23)24(31-13-2-3-14-31)18-28-26(33)21-5-4-6-22(17-21)29-25(32)11-15-30-16-12-27-19-30/h4-10,12,16-17,19,24H,2-3,11,13-15,18H2,1H3,(H,28,33)(H,29,32). The molecule has 2 amide bonds. The molecule has 8 nitrogen and oxygen atoms in total. The molecule has 2 N–H and O–H groups in total. The number of carbonyl (C=O) groups is 2. The summed E-state index contributed by atoms with van der Waals surface area (Å²) < 4.78 is 7.14. The Kier molecular flexibility index (Phi) is 7.93. The van der Waals surface area contributed by atoms with Gasteiger partial charge in [-0.3, -0.25) is 14.5 Å². The van der Waals surface area contributed by atoms with E-state index in [1.165, 1.54) is 12.8 Å². The molecule has 1 saturated heterocycles. The summed E-state index contributed by atoms with van der Waals surface area (Å²) in [6.07, 6.45) is 7.85. The van der Waals surface area contributed by atoms with Crippen molar-refractivity contribution in [2.75, 3.05) is 32.1 Å². The van der Waals surface area contributed by atoms with Crippen LogP contribution in [0.4, 0.5) is 5.69 Å². The molecule has 1 aliphatic heterocycles. The van der Waals surface area contributed by atoms with E-state index in [0.29, 0.717) is 30.8 Å². The van der Waals surface area contributed by atoms with Crippen molar-refractivity contribution in [3.05, 3.63) is 78.4 Å². The van der Waals surface area contributed by atoms with E-state index in [0.717, 1.165) is 24.4 Å². The third kappa shape index (κ3) is 6.23. The smallest absolute Gasteiger partial charge is 0.251 e. The van der Waals surface area contributed by atoms with Gasteiger partial charge in [-0.1, -0.05) is 18.2 Å². The Balaban J connectivity index is 1.36. The molecule has 1 aromatic heterocycles. The molecule has 1 atom stereocenters. The number of ether oxygens (including phenoxy) is 1. The quantitative estimate of drug-likeness (QED) is 0.483. The number of rotatable bonds is 10. The lowest BCUT2D eigenvalue weighted by molar-refractivity contribution is -0.116. The van der Waals surface area contributed by atoms with E-state index in [1.54, 1.807) is 43.9 Å². The number of nitrogens with zero attached hydrogens (tertiary/aromatic N) is 3. The van der Waals surface area contributed by atoms with Gasteiger partial charge in [-0.25, -0.2) is 4.98 Å². The van der Waals surface area contributed by atoms with E-state index < -0.39 is 0 Å². The first-order valence-electron chi connectivity index (χ1n) is 11.6. The number of benzene rings is 2. The van der Waals surface area contributed by atoms with Crippen molar-refractivity contribution in [3.8, 4) is 5.75 Å². The highest BCUT2D eigenvalue weighted by Gasteiger charge is 2.24. The molecule has 0 spiro atoms. The Bertz CT molecular complexity index is 1080. The van der Waals surface area contributed by atoms with Gasteiger partial charge in [0.15, 0.2) is 0 Å². The highest BCUT2D eigenvalue weighted by Crippen LogP contribution is 2.26. The molecule has 8 heteroatoms. The van der Waals surface area contributed by atoms with Crippen LogP contribution in [0.1, 0.15) is 41.2 Å². The van der Waals surface area contributed by atoms with E-state index >= 15 is 0 Å². The number of likely N-dealkylation sites (tertiary alicyclic amines) is 1. The largest absolute Gasteiger partial charge is 0.497 e. The van der Waals surface area contributed by atoms with Gasteiger partial charge < -0.3 is 19.9 Å². The lowest BCUT2D eigenvalue weighted by Crippen LogP contribution is -2.36. The van der Waals surface area contributed by atoms with Crippen molar-refractivity contribution in [1.29, 1.82) is 0 Å². The highest BCUT2D eigenvalue weighted by atomic mass is 16.5. The second-order valence-corrected chi connectivity index (χ2v) is 8.42. The molecule has 0 bridgehead atoms. The highest BCUT2D eigenvalue weighted by molar-refractivity contribution is 5.97. The van der Waals surface area contributed by atoms with Gasteiger partial charge in [-0.2, -0.15) is 0 Å². The van der Waals surface area contributed by atoms with E-state index in [9.17, 15) is 9.59 Å². The number of imidazole rings is 1. The van der Waals surface area contributed by atoms with Crippen molar-refractivity contribution in [1.82, 2.24) is 19.8 Å². The van der Waals surface area contributed by atoms with Crippen LogP contribution in [0.5, 0.6) is 5.75 Å². The van der Waals surface area contributed by atoms with Gasteiger partial charge >= 0.3 is 0 Å². The van der Waals surface area contributed by atoms with Crippen LogP contribution in [-0.4, -0.2) is 53.0 Å². The maximum atomic E-state index is 12.9. The number of aromatic nitrogens is 2. The maximum absolute atomic E-state index is 12.9. The van der Waals surface area contributed by atoms with Gasteiger partial charge in [0.1, 0.15) is 5.75 Å². The van der Waals surface area contributed by atoms with Crippen LogP contribution in [0.2, 0.25) is 0 Å². The average molecular weight is 462 g/mol. The molecule has 1 unspecified atom stereocenters. The monoisotopic (exact) mass is 461 g/mol. The Morgan fingerprint density at radius 3 is 2.62 bits per heavy atom. The number of anilines is 1. The van der Waals surface area contributed by atoms with Gasteiger partial charge in [0.2, 0.25) is 5.91 Å². The first kappa shape index (κ1) is 23.5. The number of aryl methyl sites for hydroxylation is 1. The van der Waals surface area contributed by atoms with Crippen LogP contribution >= 0.6 is 0 Å². The molecule has 0 saturated carbocycles. The molecule has 178 valence electrons. The summed E-state index contributed by atoms with van der Waals surface area (Å²) >= 11 is 0. The normalized spacial score (nSPS) is 14.5. The first-order chi connectivity index (χ1) is 16.6. The predicted molar refractivity (Wildman–Crippen MR) is 131 cm³/mol. The molecular formula is C26H31N5O3. The summed E-state index contributed by atoms with van der Waals surface area (Å²) in [5.74, 6) is 0.545. The van der Waals surface area contributed by atoms with Crippen LogP contribution in [0.15, 0.2) is 67.3 Å². The third-order valence-corrected chi connectivity index (χ3v) is 6.10. The topological polar surface area (TPSA) is 88.5 Å². The van der Waals surface area contributed by atoms with Gasteiger partial charge in [0, 0.05) is 43.2 Å². The molecule has 1 fully saturated rings. The minimum atomic E-state index is -0.160. The SMILES string of the molecule is COc1ccc(C(CNC(=O)c2cccc(NC(=O)CCn3ccnc3)c2)N2CCCC2)cc1. The summed E-state index contributed by atoms with van der Waals surface area (Å²) in [5, 5.41) is 5.97. The van der Waals surface area contributed by atoms with E-state index in [-0.39, 0.29) is 17.9 Å². The van der Waals surface area contributed by atoms with E-state index in [1.807, 2.05) is 22.9 Å². The number of nitrogens with one attached hydrogen (secondary N) is 2. The lowest BCUT2D eigenvalue weighted by atomic mass is 10.0. The summed E-state index contributed by atoms with van der Waals surface area (Å²) in [6, 6.07) is 15.2. The Hall–Kier alpha value is -3.65. The molecule has 4 rings (SSSR count). The fourth-order valence-corrected chi connectivity index (χ4v) is 4.24. The summed E-state index contributed by atoms with van der Waals surface area (Å²) in [7, 11) is 1.66. The zero-order chi connectivity index (χ0) is 23.8. The molecule has 34 heavy (non-hydrogen) atoms. The van der Waals surface area contributed by atoms with Crippen molar-refractivity contribution in [2.24, 2.45) is 0 Å². The Morgan fingerprint density at radius 1 is 1.12 bits per heavy atom. The molecule has 2 heterocycles. The van der Waals surface area contributed by atoms with Crippen molar-refractivity contribution < 1.29 is 14.3 Å². The first-order valence-corrected chi connectivity index (χ1v) is 11.6. The molecule has 1 aliphatic rings. The summed E-state index contributed by atoms with van der Waals surface area (Å²) in [5.41, 5.74) is 2.28. The van der Waals surface area contributed by atoms with Crippen molar-refractivity contribution in [3.63, 3.8) is 0 Å². The summed E-state index contributed by atoms with van der Waals surface area (Å²) in [4.78, 5) is 31.6. The Morgan fingerprint density at radius 2 is 1.91 bits per heavy atom. The number of hydrogen-bond acceptors (Lipinski definition) is 5. The second kappa shape index (κ2) is 11.5. The van der Waals surface area contributed by atoms with Crippen molar-refractivity contribution >= 4 is 17.5 Å². The van der Waals surface area contributed by atoms with Crippen LogP contribution in [-0.2, 0) is 11.3 Å². The zero-order valence-electron chi connectivity index (χ0n) is 19.4. The number of hydrogen-bond donors (Lipinski definition) is 2. The Labute approximate surface area is 199 Å². The fraction of sp³-hybridized carbons (Fsp3) is 0.346. The molecule has 2 aromatic carbocycles. The van der Waals surface area contributed by atoms with Gasteiger partial charge in [-0.05, 0) is 61.8 Å². The van der Waals surface area contributed by atoms with Gasteiger partial charge in [0.25, 0.3) is 5.91 Å². The van der Waals surface area contributed by atoms with Crippen LogP contribution in [0.3, 0.4) is 0 Å². The van der Waals surface area contributed by atoms with Crippen LogP contribution in [0.25, 0.3) is 0 Å². The molecular weight excluding hydrogens is 430 g/mol. The number of carbonyl (C=O) groups excluding carboxylic acids is 2. The molecule has 0 radical (unpaired) electrons. The minimum Gasteiger partial charge on any atom is -0.497 e. The van der Waals surface area contributed by atoms with Crippen LogP contribution < -0.4 is 15.4 Å². The van der Waals surface area contributed by atoms with Crippen LogP contribution in [0, 0.1) is 0 Å². The average Bonchev–Trinajstić information content (AvgIpc) is 3.58.